The molecule has 3 N–H and O–H groups in total. The molecule has 0 saturated heterocycles. The maximum atomic E-state index is 12.4. The van der Waals surface area contributed by atoms with E-state index < -0.39 is 0 Å². The van der Waals surface area contributed by atoms with Crippen molar-refractivity contribution in [2.75, 3.05) is 10.6 Å². The largest absolute Gasteiger partial charge is 0.351 e. The number of carbonyl (C=O) groups excluding carboxylic acids is 2. The first-order chi connectivity index (χ1) is 12.1. The van der Waals surface area contributed by atoms with Crippen LogP contribution in [0, 0.1) is 12.8 Å². The van der Waals surface area contributed by atoms with Crippen LogP contribution < -0.4 is 10.6 Å². The van der Waals surface area contributed by atoms with Crippen LogP contribution in [0.15, 0.2) is 48.5 Å². The van der Waals surface area contributed by atoms with Crippen molar-refractivity contribution in [2.45, 2.75) is 19.8 Å². The zero-order valence-corrected chi connectivity index (χ0v) is 13.9. The van der Waals surface area contributed by atoms with Crippen molar-refractivity contribution in [1.29, 1.82) is 0 Å². The molecule has 1 aliphatic rings. The van der Waals surface area contributed by atoms with Gasteiger partial charge in [0.1, 0.15) is 5.69 Å². The summed E-state index contributed by atoms with van der Waals surface area (Å²) in [7, 11) is 0. The van der Waals surface area contributed by atoms with Crippen LogP contribution in [0.25, 0.3) is 10.9 Å². The van der Waals surface area contributed by atoms with E-state index in [4.69, 9.17) is 0 Å². The van der Waals surface area contributed by atoms with Crippen molar-refractivity contribution in [3.63, 3.8) is 0 Å². The third kappa shape index (κ3) is 3.40. The second-order valence-corrected chi connectivity index (χ2v) is 6.57. The van der Waals surface area contributed by atoms with E-state index in [9.17, 15) is 9.59 Å². The Labute approximate surface area is 145 Å². The zero-order chi connectivity index (χ0) is 17.4. The highest BCUT2D eigenvalue weighted by Crippen LogP contribution is 2.30. The van der Waals surface area contributed by atoms with Gasteiger partial charge in [-0.2, -0.15) is 0 Å². The average Bonchev–Trinajstić information content (AvgIpc) is 3.36. The Morgan fingerprint density at radius 2 is 1.64 bits per heavy atom. The average molecular weight is 333 g/mol. The van der Waals surface area contributed by atoms with E-state index >= 15 is 0 Å². The number of hydrogen-bond acceptors (Lipinski definition) is 2. The van der Waals surface area contributed by atoms with E-state index in [1.165, 1.54) is 0 Å². The van der Waals surface area contributed by atoms with Crippen LogP contribution in [-0.2, 0) is 4.79 Å². The number of amides is 2. The van der Waals surface area contributed by atoms with Crippen molar-refractivity contribution >= 4 is 34.1 Å². The normalized spacial score (nSPS) is 13.6. The molecule has 1 heterocycles. The number of anilines is 2. The smallest absolute Gasteiger partial charge is 0.272 e. The minimum absolute atomic E-state index is 0.0742. The van der Waals surface area contributed by atoms with Gasteiger partial charge in [0, 0.05) is 28.2 Å². The Bertz CT molecular complexity index is 953. The van der Waals surface area contributed by atoms with Crippen molar-refractivity contribution in [3.05, 3.63) is 59.8 Å². The molecule has 0 spiro atoms. The molecule has 5 nitrogen and oxygen atoms in total. The van der Waals surface area contributed by atoms with E-state index in [2.05, 4.69) is 15.6 Å². The number of carbonyl (C=O) groups is 2. The second-order valence-electron chi connectivity index (χ2n) is 6.57. The zero-order valence-electron chi connectivity index (χ0n) is 13.9. The molecule has 0 unspecified atom stereocenters. The van der Waals surface area contributed by atoms with Crippen LogP contribution in [0.5, 0.6) is 0 Å². The molecule has 0 radical (unpaired) electrons. The molecule has 2 aromatic carbocycles. The van der Waals surface area contributed by atoms with Gasteiger partial charge >= 0.3 is 0 Å². The lowest BCUT2D eigenvalue weighted by atomic mass is 10.2. The molecule has 126 valence electrons. The molecule has 0 atom stereocenters. The summed E-state index contributed by atoms with van der Waals surface area (Å²) in [6.07, 6.45) is 1.95. The number of rotatable bonds is 4. The van der Waals surface area contributed by atoms with Gasteiger partial charge in [-0.3, -0.25) is 9.59 Å². The molecule has 25 heavy (non-hydrogen) atoms. The first kappa shape index (κ1) is 15.4. The van der Waals surface area contributed by atoms with Crippen molar-refractivity contribution in [2.24, 2.45) is 5.92 Å². The SMILES string of the molecule is Cc1ccc2cc(C(=O)Nc3ccc(NC(=O)C4CC4)cc3)[nH]c2c1. The summed E-state index contributed by atoms with van der Waals surface area (Å²) in [5, 5.41) is 6.76. The molecule has 0 bridgehead atoms. The number of fused-ring (bicyclic) bond motifs is 1. The highest BCUT2D eigenvalue weighted by molar-refractivity contribution is 6.06. The number of aryl methyl sites for hydroxylation is 1. The van der Waals surface area contributed by atoms with Crippen LogP contribution in [0.1, 0.15) is 28.9 Å². The van der Waals surface area contributed by atoms with Crippen LogP contribution in [0.2, 0.25) is 0 Å². The first-order valence-electron chi connectivity index (χ1n) is 8.40. The van der Waals surface area contributed by atoms with Crippen molar-refractivity contribution < 1.29 is 9.59 Å². The van der Waals surface area contributed by atoms with Crippen LogP contribution in [0.3, 0.4) is 0 Å². The number of benzene rings is 2. The summed E-state index contributed by atoms with van der Waals surface area (Å²) in [6, 6.07) is 15.0. The van der Waals surface area contributed by atoms with E-state index in [-0.39, 0.29) is 17.7 Å². The summed E-state index contributed by atoms with van der Waals surface area (Å²) in [4.78, 5) is 27.3. The predicted octanol–water partition coefficient (Wildman–Crippen LogP) is 4.08. The summed E-state index contributed by atoms with van der Waals surface area (Å²) in [5.74, 6) is 0.0544. The van der Waals surface area contributed by atoms with Crippen molar-refractivity contribution in [3.8, 4) is 0 Å². The first-order valence-corrected chi connectivity index (χ1v) is 8.40. The third-order valence-corrected chi connectivity index (χ3v) is 4.38. The van der Waals surface area contributed by atoms with Crippen LogP contribution in [-0.4, -0.2) is 16.8 Å². The fourth-order valence-corrected chi connectivity index (χ4v) is 2.79. The van der Waals surface area contributed by atoms with E-state index in [1.54, 1.807) is 24.3 Å². The standard InChI is InChI=1S/C20H19N3O2/c1-12-2-3-14-11-18(23-17(14)10-12)20(25)22-16-8-6-15(7-9-16)21-19(24)13-4-5-13/h2-3,6-11,13,23H,4-5H2,1H3,(H,21,24)(H,22,25). The molecule has 4 rings (SSSR count). The molecule has 3 aromatic rings. The lowest BCUT2D eigenvalue weighted by Crippen LogP contribution is -2.14. The number of aromatic amines is 1. The van der Waals surface area contributed by atoms with Gasteiger partial charge in [-0.05, 0) is 61.7 Å². The summed E-state index contributed by atoms with van der Waals surface area (Å²) >= 11 is 0. The molecule has 5 heteroatoms. The summed E-state index contributed by atoms with van der Waals surface area (Å²) in [5.41, 5.74) is 4.04. The summed E-state index contributed by atoms with van der Waals surface area (Å²) in [6.45, 7) is 2.02. The maximum absolute atomic E-state index is 12.4. The van der Waals surface area contributed by atoms with Gasteiger partial charge in [0.2, 0.25) is 5.91 Å². The highest BCUT2D eigenvalue weighted by atomic mass is 16.2. The Balaban J connectivity index is 1.44. The van der Waals surface area contributed by atoms with E-state index in [1.807, 2.05) is 31.2 Å². The maximum Gasteiger partial charge on any atom is 0.272 e. The number of H-pyrrole nitrogens is 1. The topological polar surface area (TPSA) is 74.0 Å². The Morgan fingerprint density at radius 3 is 2.32 bits per heavy atom. The Hall–Kier alpha value is -3.08. The van der Waals surface area contributed by atoms with Gasteiger partial charge < -0.3 is 15.6 Å². The van der Waals surface area contributed by atoms with Gasteiger partial charge in [0.15, 0.2) is 0 Å². The molecule has 1 fully saturated rings. The molecule has 0 aliphatic heterocycles. The minimum Gasteiger partial charge on any atom is -0.351 e. The highest BCUT2D eigenvalue weighted by Gasteiger charge is 2.29. The monoisotopic (exact) mass is 333 g/mol. The Kier molecular flexibility index (Phi) is 3.76. The third-order valence-electron chi connectivity index (χ3n) is 4.38. The van der Waals surface area contributed by atoms with Crippen LogP contribution >= 0.6 is 0 Å². The number of hydrogen-bond donors (Lipinski definition) is 3. The molecule has 1 saturated carbocycles. The molecular weight excluding hydrogens is 314 g/mol. The fourth-order valence-electron chi connectivity index (χ4n) is 2.79. The van der Waals surface area contributed by atoms with Crippen LogP contribution in [0.4, 0.5) is 11.4 Å². The minimum atomic E-state index is -0.191. The van der Waals surface area contributed by atoms with E-state index in [0.717, 1.165) is 35.0 Å². The predicted molar refractivity (Wildman–Crippen MR) is 98.8 cm³/mol. The second kappa shape index (κ2) is 6.09. The number of aromatic nitrogens is 1. The van der Waals surface area contributed by atoms with Gasteiger partial charge in [0.05, 0.1) is 0 Å². The van der Waals surface area contributed by atoms with Gasteiger partial charge in [0.25, 0.3) is 5.91 Å². The molecular formula is C20H19N3O2. The van der Waals surface area contributed by atoms with Gasteiger partial charge in [-0.25, -0.2) is 0 Å². The van der Waals surface area contributed by atoms with Gasteiger partial charge in [-0.15, -0.1) is 0 Å². The van der Waals surface area contributed by atoms with E-state index in [0.29, 0.717) is 11.4 Å². The Morgan fingerprint density at radius 1 is 0.960 bits per heavy atom. The molecule has 1 aliphatic carbocycles. The lowest BCUT2D eigenvalue weighted by Gasteiger charge is -2.07. The molecule has 1 aromatic heterocycles. The lowest BCUT2D eigenvalue weighted by molar-refractivity contribution is -0.117. The number of nitrogens with one attached hydrogen (secondary N) is 3. The quantitative estimate of drug-likeness (QED) is 0.673. The van der Waals surface area contributed by atoms with Gasteiger partial charge in [-0.1, -0.05) is 12.1 Å². The fraction of sp³-hybridized carbons (Fsp3) is 0.200. The molecule has 2 amide bonds. The summed E-state index contributed by atoms with van der Waals surface area (Å²) < 4.78 is 0. The van der Waals surface area contributed by atoms with Crippen molar-refractivity contribution in [1.82, 2.24) is 4.98 Å².